The first-order valence-electron chi connectivity index (χ1n) is 2.90. The molecule has 0 aliphatic carbocycles. The second kappa shape index (κ2) is 4.65. The van der Waals surface area contributed by atoms with Crippen molar-refractivity contribution >= 4 is 0 Å². The fourth-order valence-corrected chi connectivity index (χ4v) is 0.554. The lowest BCUT2D eigenvalue weighted by Crippen LogP contribution is -2.25. The molecule has 2 heteroatoms. The van der Waals surface area contributed by atoms with Crippen LogP contribution in [0.25, 0.3) is 0 Å². The van der Waals surface area contributed by atoms with E-state index in [1.807, 2.05) is 14.0 Å². The summed E-state index contributed by atoms with van der Waals surface area (Å²) in [5.74, 6) is 0. The average molecular weight is 114 g/mol. The minimum absolute atomic E-state index is 1.08. The van der Waals surface area contributed by atoms with Crippen LogP contribution in [0.3, 0.4) is 0 Å². The van der Waals surface area contributed by atoms with E-state index in [-0.39, 0.29) is 0 Å². The first-order chi connectivity index (χ1) is 3.81. The lowest BCUT2D eigenvalue weighted by Gasteiger charge is -2.01. The number of rotatable bonds is 3. The molecule has 8 heavy (non-hydrogen) atoms. The molecular weight excluding hydrogens is 100 g/mol. The van der Waals surface area contributed by atoms with Crippen molar-refractivity contribution in [1.82, 2.24) is 10.9 Å². The van der Waals surface area contributed by atoms with Crippen LogP contribution in [0.1, 0.15) is 20.3 Å². The minimum Gasteiger partial charge on any atom is -0.326 e. The molecule has 0 heterocycles. The fraction of sp³-hybridized carbons (Fsp3) is 0.667. The summed E-state index contributed by atoms with van der Waals surface area (Å²) in [5, 5.41) is 0. The van der Waals surface area contributed by atoms with Crippen molar-refractivity contribution in [3.05, 3.63) is 11.8 Å². The molecule has 0 aromatic carbocycles. The van der Waals surface area contributed by atoms with E-state index in [2.05, 4.69) is 23.9 Å². The van der Waals surface area contributed by atoms with E-state index >= 15 is 0 Å². The number of allylic oxidation sites excluding steroid dienone is 2. The average Bonchev–Trinajstić information content (AvgIpc) is 1.68. The van der Waals surface area contributed by atoms with Crippen LogP contribution in [-0.4, -0.2) is 7.05 Å². The van der Waals surface area contributed by atoms with E-state index in [4.69, 9.17) is 0 Å². The molecule has 0 radical (unpaired) electrons. The summed E-state index contributed by atoms with van der Waals surface area (Å²) in [6.07, 6.45) is 3.21. The zero-order valence-corrected chi connectivity index (χ0v) is 5.78. The van der Waals surface area contributed by atoms with Gasteiger partial charge in [0.1, 0.15) is 0 Å². The smallest absolute Gasteiger partial charge is 0.0190 e. The molecule has 0 saturated heterocycles. The second-order valence-corrected chi connectivity index (χ2v) is 1.67. The van der Waals surface area contributed by atoms with Crippen molar-refractivity contribution in [1.29, 1.82) is 0 Å². The largest absolute Gasteiger partial charge is 0.326 e. The highest BCUT2D eigenvalue weighted by molar-refractivity contribution is 4.92. The van der Waals surface area contributed by atoms with Crippen LogP contribution in [0.4, 0.5) is 0 Å². The lowest BCUT2D eigenvalue weighted by atomic mass is 10.4. The van der Waals surface area contributed by atoms with Gasteiger partial charge in [-0.1, -0.05) is 13.0 Å². The fourth-order valence-electron chi connectivity index (χ4n) is 0.554. The van der Waals surface area contributed by atoms with Gasteiger partial charge in [-0.15, -0.1) is 0 Å². The standard InChI is InChI=1S/C6H14N2/c1-4-5-6(2)8-7-3/h5,7-8H,4H2,1-3H3/b6-5-. The maximum absolute atomic E-state index is 2.96. The molecule has 0 aliphatic rings. The van der Waals surface area contributed by atoms with Crippen LogP contribution in [0, 0.1) is 0 Å². The third kappa shape index (κ3) is 3.68. The lowest BCUT2D eigenvalue weighted by molar-refractivity contribution is 0.686. The van der Waals surface area contributed by atoms with Gasteiger partial charge < -0.3 is 5.43 Å². The number of hydrogen-bond acceptors (Lipinski definition) is 2. The number of nitrogens with one attached hydrogen (secondary N) is 2. The summed E-state index contributed by atoms with van der Waals surface area (Å²) in [6.45, 7) is 4.14. The summed E-state index contributed by atoms with van der Waals surface area (Å²) >= 11 is 0. The van der Waals surface area contributed by atoms with Crippen LogP contribution < -0.4 is 10.9 Å². The molecule has 0 bridgehead atoms. The van der Waals surface area contributed by atoms with Crippen molar-refractivity contribution in [3.63, 3.8) is 0 Å². The van der Waals surface area contributed by atoms with E-state index in [0.29, 0.717) is 0 Å². The Bertz CT molecular complexity index is 76.6. The van der Waals surface area contributed by atoms with Crippen molar-refractivity contribution in [2.45, 2.75) is 20.3 Å². The maximum atomic E-state index is 2.96. The normalized spacial score (nSPS) is 11.6. The Balaban J connectivity index is 3.29. The SMILES string of the molecule is CC/C=C(/C)NNC. The quantitative estimate of drug-likeness (QED) is 0.535. The molecule has 0 fully saturated rings. The Hall–Kier alpha value is -0.500. The molecular formula is C6H14N2. The maximum Gasteiger partial charge on any atom is 0.0190 e. The molecule has 0 atom stereocenters. The van der Waals surface area contributed by atoms with Crippen molar-refractivity contribution < 1.29 is 0 Å². The minimum atomic E-state index is 1.08. The zero-order valence-electron chi connectivity index (χ0n) is 5.78. The van der Waals surface area contributed by atoms with Gasteiger partial charge in [-0.05, 0) is 13.3 Å². The van der Waals surface area contributed by atoms with Crippen LogP contribution in [0.15, 0.2) is 11.8 Å². The third-order valence-corrected chi connectivity index (χ3v) is 0.832. The molecule has 2 N–H and O–H groups in total. The molecule has 0 aliphatic heterocycles. The summed E-state index contributed by atoms with van der Waals surface area (Å²) < 4.78 is 0. The molecule has 0 aromatic heterocycles. The van der Waals surface area contributed by atoms with Gasteiger partial charge in [0, 0.05) is 12.7 Å². The van der Waals surface area contributed by atoms with Crippen LogP contribution in [0.5, 0.6) is 0 Å². The predicted octanol–water partition coefficient (Wildman–Crippen LogP) is 1.02. The van der Waals surface area contributed by atoms with Gasteiger partial charge in [0.2, 0.25) is 0 Å². The molecule has 2 nitrogen and oxygen atoms in total. The van der Waals surface area contributed by atoms with E-state index < -0.39 is 0 Å². The Kier molecular flexibility index (Phi) is 4.36. The van der Waals surface area contributed by atoms with E-state index in [0.717, 1.165) is 6.42 Å². The molecule has 0 rings (SSSR count). The Labute approximate surface area is 50.9 Å². The molecule has 0 aromatic rings. The van der Waals surface area contributed by atoms with Gasteiger partial charge in [-0.25, -0.2) is 5.43 Å². The highest BCUT2D eigenvalue weighted by Crippen LogP contribution is 1.85. The Morgan fingerprint density at radius 3 is 2.62 bits per heavy atom. The summed E-state index contributed by atoms with van der Waals surface area (Å²) in [4.78, 5) is 0. The van der Waals surface area contributed by atoms with E-state index in [9.17, 15) is 0 Å². The van der Waals surface area contributed by atoms with Crippen molar-refractivity contribution in [3.8, 4) is 0 Å². The highest BCUT2D eigenvalue weighted by Gasteiger charge is 1.77. The Morgan fingerprint density at radius 1 is 1.62 bits per heavy atom. The molecule has 0 amide bonds. The van der Waals surface area contributed by atoms with E-state index in [1.54, 1.807) is 0 Å². The van der Waals surface area contributed by atoms with Crippen LogP contribution in [0.2, 0.25) is 0 Å². The van der Waals surface area contributed by atoms with Gasteiger partial charge in [0.05, 0.1) is 0 Å². The van der Waals surface area contributed by atoms with Crippen molar-refractivity contribution in [2.75, 3.05) is 7.05 Å². The number of hydrogen-bond donors (Lipinski definition) is 2. The third-order valence-electron chi connectivity index (χ3n) is 0.832. The molecule has 0 spiro atoms. The van der Waals surface area contributed by atoms with Crippen molar-refractivity contribution in [2.24, 2.45) is 0 Å². The van der Waals surface area contributed by atoms with Gasteiger partial charge in [0.15, 0.2) is 0 Å². The van der Waals surface area contributed by atoms with Gasteiger partial charge in [0.25, 0.3) is 0 Å². The molecule has 48 valence electrons. The summed E-state index contributed by atoms with van der Waals surface area (Å²) in [6, 6.07) is 0. The molecule has 0 unspecified atom stereocenters. The van der Waals surface area contributed by atoms with Crippen LogP contribution in [-0.2, 0) is 0 Å². The van der Waals surface area contributed by atoms with E-state index in [1.165, 1.54) is 5.70 Å². The first kappa shape index (κ1) is 7.50. The topological polar surface area (TPSA) is 24.1 Å². The highest BCUT2D eigenvalue weighted by atomic mass is 15.3. The molecule has 0 saturated carbocycles. The van der Waals surface area contributed by atoms with Gasteiger partial charge >= 0.3 is 0 Å². The monoisotopic (exact) mass is 114 g/mol. The van der Waals surface area contributed by atoms with Gasteiger partial charge in [-0.3, -0.25) is 0 Å². The first-order valence-corrected chi connectivity index (χ1v) is 2.90. The summed E-state index contributed by atoms with van der Waals surface area (Å²) in [5.41, 5.74) is 6.97. The Morgan fingerprint density at radius 2 is 2.25 bits per heavy atom. The zero-order chi connectivity index (χ0) is 6.41. The summed E-state index contributed by atoms with van der Waals surface area (Å²) in [7, 11) is 1.85. The number of hydrazine groups is 1. The van der Waals surface area contributed by atoms with Crippen LogP contribution >= 0.6 is 0 Å². The van der Waals surface area contributed by atoms with Gasteiger partial charge in [-0.2, -0.15) is 0 Å². The predicted molar refractivity (Wildman–Crippen MR) is 36.2 cm³/mol. The second-order valence-electron chi connectivity index (χ2n) is 1.67.